The molecular weight excluding hydrogens is 492 g/mol. The zero-order valence-electron chi connectivity index (χ0n) is 24.7. The molecule has 5 rings (SSSR count). The minimum absolute atomic E-state index is 0.0766. The number of nitrogens with one attached hydrogen (secondary N) is 3. The second kappa shape index (κ2) is 11.8. The zero-order valence-corrected chi connectivity index (χ0v) is 24.7. The molecule has 0 aromatic carbocycles. The molecule has 3 saturated carbocycles. The van der Waals surface area contributed by atoms with Crippen LogP contribution in [0.1, 0.15) is 105 Å². The number of aliphatic hydroxyl groups is 1. The summed E-state index contributed by atoms with van der Waals surface area (Å²) in [5.41, 5.74) is 7.30. The van der Waals surface area contributed by atoms with Crippen molar-refractivity contribution >= 4 is 18.0 Å². The number of carbonyl (C=O) groups excluding carboxylic acids is 3. The summed E-state index contributed by atoms with van der Waals surface area (Å²) in [5, 5.41) is 16.3. The molecule has 5 amide bonds. The molecule has 220 valence electrons. The summed E-state index contributed by atoms with van der Waals surface area (Å²) in [6.07, 6.45) is 16.1. The molecule has 8 nitrogen and oxygen atoms in total. The Morgan fingerprint density at radius 1 is 1.10 bits per heavy atom. The number of carbonyl (C=O) groups is 3. The van der Waals surface area contributed by atoms with Crippen LogP contribution in [0.5, 0.6) is 0 Å². The molecule has 1 aliphatic heterocycles. The molecule has 0 spiro atoms. The Bertz CT molecular complexity index is 966. The van der Waals surface area contributed by atoms with Crippen molar-refractivity contribution in [3.63, 3.8) is 0 Å². The average Bonchev–Trinajstić information content (AvgIpc) is 3.36. The van der Waals surface area contributed by atoms with E-state index < -0.39 is 24.1 Å². The highest BCUT2D eigenvalue weighted by molar-refractivity contribution is 6.05. The van der Waals surface area contributed by atoms with Crippen molar-refractivity contribution in [3.8, 4) is 0 Å². The molecule has 1 heterocycles. The number of hydrogen-bond acceptors (Lipinski definition) is 4. The predicted molar refractivity (Wildman–Crippen MR) is 152 cm³/mol. The first-order valence-electron chi connectivity index (χ1n) is 15.4. The fourth-order valence-corrected chi connectivity index (χ4v) is 9.33. The highest BCUT2D eigenvalue weighted by Crippen LogP contribution is 2.67. The summed E-state index contributed by atoms with van der Waals surface area (Å²) < 4.78 is 0. The molecule has 0 aromatic heterocycles. The van der Waals surface area contributed by atoms with Crippen molar-refractivity contribution in [2.75, 3.05) is 0 Å². The van der Waals surface area contributed by atoms with Gasteiger partial charge in [0.2, 0.25) is 0 Å². The number of hydrogen-bond donors (Lipinski definition) is 5. The summed E-state index contributed by atoms with van der Waals surface area (Å²) in [7, 11) is 0. The molecule has 5 aliphatic rings. The standard InChI is InChI=1S/C27H46O.C4H6N4O3/c1-18(2)7-6-8-19(3)23-11-12-24-22-10-9-20-17-21(28)13-15-26(20,4)25(22)14-16-27(23,24)5;5-3(10)6-1-2(9)8-4(11)7-1/h9,18-19,21-25,28H,6-8,10-17H2,1-5H3;1H,(H3,5,6,10)(H2,7,8,9,11)/t19-,21+,22+,23-,24+,25+,26+,27-;/m1./s1. The number of rotatable bonds is 6. The number of aliphatic hydroxyl groups excluding tert-OH is 1. The van der Waals surface area contributed by atoms with Gasteiger partial charge in [-0.25, -0.2) is 9.59 Å². The number of nitrogens with two attached hydrogens (primary N) is 1. The molecule has 1 saturated heterocycles. The number of fused-ring (bicyclic) bond motifs is 5. The highest BCUT2D eigenvalue weighted by atomic mass is 16.3. The first-order chi connectivity index (χ1) is 18.3. The van der Waals surface area contributed by atoms with Gasteiger partial charge in [-0.2, -0.15) is 0 Å². The number of amides is 5. The zero-order chi connectivity index (χ0) is 28.5. The van der Waals surface area contributed by atoms with E-state index in [4.69, 9.17) is 5.73 Å². The highest BCUT2D eigenvalue weighted by Gasteiger charge is 2.59. The average molecular weight is 545 g/mol. The maximum atomic E-state index is 10.7. The predicted octanol–water partition coefficient (Wildman–Crippen LogP) is 5.21. The number of primary amides is 1. The summed E-state index contributed by atoms with van der Waals surface area (Å²) in [5.74, 6) is 4.84. The topological polar surface area (TPSA) is 134 Å². The summed E-state index contributed by atoms with van der Waals surface area (Å²) >= 11 is 0. The maximum Gasteiger partial charge on any atom is 0.323 e. The van der Waals surface area contributed by atoms with Gasteiger partial charge in [-0.1, -0.05) is 65.5 Å². The van der Waals surface area contributed by atoms with Crippen molar-refractivity contribution in [2.24, 2.45) is 52.1 Å². The van der Waals surface area contributed by atoms with Crippen LogP contribution in [0, 0.1) is 46.3 Å². The molecule has 1 unspecified atom stereocenters. The lowest BCUT2D eigenvalue weighted by Gasteiger charge is -2.58. The summed E-state index contributed by atoms with van der Waals surface area (Å²) in [4.78, 5) is 31.3. The van der Waals surface area contributed by atoms with E-state index >= 15 is 0 Å². The normalized spacial score (nSPS) is 39.7. The van der Waals surface area contributed by atoms with Crippen molar-refractivity contribution in [3.05, 3.63) is 11.6 Å². The molecule has 4 aliphatic carbocycles. The first-order valence-corrected chi connectivity index (χ1v) is 15.4. The van der Waals surface area contributed by atoms with Crippen molar-refractivity contribution in [2.45, 2.75) is 118 Å². The molecule has 39 heavy (non-hydrogen) atoms. The van der Waals surface area contributed by atoms with Gasteiger partial charge in [0.25, 0.3) is 5.91 Å². The minimum Gasteiger partial charge on any atom is -0.393 e. The Labute approximate surface area is 234 Å². The van der Waals surface area contributed by atoms with Gasteiger partial charge in [0.05, 0.1) is 6.10 Å². The van der Waals surface area contributed by atoms with E-state index in [0.29, 0.717) is 10.8 Å². The monoisotopic (exact) mass is 544 g/mol. The van der Waals surface area contributed by atoms with Crippen LogP contribution in [0.15, 0.2) is 11.6 Å². The molecule has 6 N–H and O–H groups in total. The molecular formula is C31H52N4O4. The second-order valence-electron chi connectivity index (χ2n) is 14.1. The Kier molecular flexibility index (Phi) is 9.04. The Morgan fingerprint density at radius 3 is 2.49 bits per heavy atom. The molecule has 0 radical (unpaired) electrons. The van der Waals surface area contributed by atoms with E-state index in [2.05, 4.69) is 46.0 Å². The van der Waals surface area contributed by atoms with E-state index in [1.54, 1.807) is 5.57 Å². The van der Waals surface area contributed by atoms with Crippen LogP contribution in [-0.2, 0) is 4.79 Å². The van der Waals surface area contributed by atoms with Gasteiger partial charge in [-0.15, -0.1) is 0 Å². The van der Waals surface area contributed by atoms with Crippen molar-refractivity contribution in [1.29, 1.82) is 0 Å². The lowest BCUT2D eigenvalue weighted by molar-refractivity contribution is -0.120. The smallest absolute Gasteiger partial charge is 0.323 e. The van der Waals surface area contributed by atoms with E-state index in [0.717, 1.165) is 48.3 Å². The summed E-state index contributed by atoms with van der Waals surface area (Å²) in [6, 6.07) is -1.51. The van der Waals surface area contributed by atoms with Gasteiger partial charge in [0, 0.05) is 0 Å². The van der Waals surface area contributed by atoms with Crippen LogP contribution in [0.4, 0.5) is 9.59 Å². The lowest BCUT2D eigenvalue weighted by Crippen LogP contribution is -2.50. The molecule has 4 fully saturated rings. The van der Waals surface area contributed by atoms with Gasteiger partial charge >= 0.3 is 12.1 Å². The fraction of sp³-hybridized carbons (Fsp3) is 0.839. The third-order valence-corrected chi connectivity index (χ3v) is 11.3. The molecule has 0 aromatic rings. The summed E-state index contributed by atoms with van der Waals surface area (Å²) in [6.45, 7) is 12.6. The lowest BCUT2D eigenvalue weighted by atomic mass is 9.47. The van der Waals surface area contributed by atoms with Crippen LogP contribution in [0.3, 0.4) is 0 Å². The number of imide groups is 1. The Morgan fingerprint density at radius 2 is 1.85 bits per heavy atom. The largest absolute Gasteiger partial charge is 0.393 e. The quantitative estimate of drug-likeness (QED) is 0.232. The van der Waals surface area contributed by atoms with Crippen LogP contribution >= 0.6 is 0 Å². The van der Waals surface area contributed by atoms with Crippen LogP contribution in [0.2, 0.25) is 0 Å². The SMILES string of the molecule is CC(C)CCC[C@@H](C)[C@H]1CC[C@H]2[C@@H]3CC=C4C[C@@H](O)CC[C@]4(C)[C@H]3CC[C@]12C.NC(=O)NC1NC(=O)NC1=O. The van der Waals surface area contributed by atoms with E-state index in [-0.39, 0.29) is 6.10 Å². The van der Waals surface area contributed by atoms with Gasteiger partial charge in [0.15, 0.2) is 6.17 Å². The molecule has 9 atom stereocenters. The van der Waals surface area contributed by atoms with Gasteiger partial charge in [-0.3, -0.25) is 10.1 Å². The minimum atomic E-state index is -1.04. The van der Waals surface area contributed by atoms with E-state index in [9.17, 15) is 19.5 Å². The van der Waals surface area contributed by atoms with Gasteiger partial charge < -0.3 is 21.5 Å². The molecule has 8 heteroatoms. The second-order valence-corrected chi connectivity index (χ2v) is 14.1. The van der Waals surface area contributed by atoms with E-state index in [1.165, 1.54) is 57.8 Å². The van der Waals surface area contributed by atoms with Crippen molar-refractivity contribution in [1.82, 2.24) is 16.0 Å². The third-order valence-electron chi connectivity index (χ3n) is 11.3. The van der Waals surface area contributed by atoms with Gasteiger partial charge in [0.1, 0.15) is 0 Å². The maximum absolute atomic E-state index is 10.7. The van der Waals surface area contributed by atoms with Gasteiger partial charge in [-0.05, 0) is 97.7 Å². The van der Waals surface area contributed by atoms with Crippen molar-refractivity contribution < 1.29 is 19.5 Å². The Balaban J connectivity index is 0.000000270. The van der Waals surface area contributed by atoms with Crippen LogP contribution in [-0.4, -0.2) is 35.3 Å². The third kappa shape index (κ3) is 6.15. The van der Waals surface area contributed by atoms with Crippen LogP contribution < -0.4 is 21.7 Å². The number of allylic oxidation sites excluding steroid dienone is 1. The number of urea groups is 2. The first kappa shape index (κ1) is 29.9. The Hall–Kier alpha value is -2.09. The fourth-order valence-electron chi connectivity index (χ4n) is 9.33. The molecule has 0 bridgehead atoms. The van der Waals surface area contributed by atoms with E-state index in [1.807, 2.05) is 10.6 Å². The van der Waals surface area contributed by atoms with Crippen LogP contribution in [0.25, 0.3) is 0 Å².